The summed E-state index contributed by atoms with van der Waals surface area (Å²) >= 11 is 6.80. The summed E-state index contributed by atoms with van der Waals surface area (Å²) in [4.78, 5) is 51.1. The van der Waals surface area contributed by atoms with Gasteiger partial charge >= 0.3 is 0 Å². The number of anilines is 2. The van der Waals surface area contributed by atoms with E-state index in [1.807, 2.05) is 6.07 Å². The maximum atomic E-state index is 12.9. The number of methoxy groups -OCH3 is 2. The highest BCUT2D eigenvalue weighted by Crippen LogP contribution is 2.35. The molecule has 1 saturated heterocycles. The molecule has 4 amide bonds. The highest BCUT2D eigenvalue weighted by molar-refractivity contribution is 8.18. The molecule has 3 aromatic carbocycles. The van der Waals surface area contributed by atoms with Crippen molar-refractivity contribution >= 4 is 63.8 Å². The van der Waals surface area contributed by atoms with E-state index in [9.17, 15) is 19.2 Å². The van der Waals surface area contributed by atoms with E-state index in [1.54, 1.807) is 54.6 Å². The van der Waals surface area contributed by atoms with E-state index in [0.29, 0.717) is 39.2 Å². The molecule has 0 spiro atoms. The minimum atomic E-state index is -0.602. The van der Waals surface area contributed by atoms with Crippen LogP contribution in [0, 0.1) is 0 Å². The van der Waals surface area contributed by atoms with Gasteiger partial charge in [0.2, 0.25) is 5.91 Å². The largest absolute Gasteiger partial charge is 0.495 e. The second-order valence-corrected chi connectivity index (χ2v) is 9.68. The molecule has 1 fully saturated rings. The number of benzene rings is 3. The summed E-state index contributed by atoms with van der Waals surface area (Å²) in [6, 6.07) is 18.5. The number of hydrogen-bond donors (Lipinski definition) is 2. The van der Waals surface area contributed by atoms with Crippen molar-refractivity contribution < 1.29 is 33.4 Å². The standard InChI is InChI=1S/C28H24ClN3O7S/c1-37-21-11-9-19(14-20(21)29)31-25(33)15-32-27(35)24(40-28(32)36)13-17-8-10-22(23(12-17)38-2)39-16-26(34)30-18-6-4-3-5-7-18/h3-14H,15-16H2,1-2H3,(H,30,34)(H,31,33)/b24-13-. The summed E-state index contributed by atoms with van der Waals surface area (Å²) in [5.74, 6) is -0.408. The van der Waals surface area contributed by atoms with Crippen LogP contribution < -0.4 is 24.8 Å². The molecule has 1 aliphatic heterocycles. The van der Waals surface area contributed by atoms with Crippen LogP contribution in [0.4, 0.5) is 16.2 Å². The predicted octanol–water partition coefficient (Wildman–Crippen LogP) is 5.05. The van der Waals surface area contributed by atoms with E-state index in [4.69, 9.17) is 25.8 Å². The molecule has 0 saturated carbocycles. The number of ether oxygens (including phenoxy) is 3. The summed E-state index contributed by atoms with van der Waals surface area (Å²) in [7, 11) is 2.91. The third kappa shape index (κ3) is 7.13. The summed E-state index contributed by atoms with van der Waals surface area (Å²) in [5, 5.41) is 5.06. The van der Waals surface area contributed by atoms with Crippen molar-refractivity contribution in [3.63, 3.8) is 0 Å². The maximum Gasteiger partial charge on any atom is 0.294 e. The zero-order chi connectivity index (χ0) is 28.6. The number of rotatable bonds is 10. The highest BCUT2D eigenvalue weighted by atomic mass is 35.5. The molecule has 1 heterocycles. The van der Waals surface area contributed by atoms with Crippen molar-refractivity contribution in [1.82, 2.24) is 4.90 Å². The number of carbonyl (C=O) groups is 4. The molecule has 206 valence electrons. The van der Waals surface area contributed by atoms with Gasteiger partial charge < -0.3 is 24.8 Å². The number of carbonyl (C=O) groups excluding carboxylic acids is 4. The number of imide groups is 1. The van der Waals surface area contributed by atoms with Gasteiger partial charge in [-0.25, -0.2) is 0 Å². The molecule has 1 aliphatic rings. The number of para-hydroxylation sites is 1. The fraction of sp³-hybridized carbons (Fsp3) is 0.143. The molecule has 0 bridgehead atoms. The number of amides is 4. The molecule has 10 nitrogen and oxygen atoms in total. The lowest BCUT2D eigenvalue weighted by Gasteiger charge is -2.13. The van der Waals surface area contributed by atoms with Gasteiger partial charge in [-0.15, -0.1) is 0 Å². The molecule has 4 rings (SSSR count). The fourth-order valence-electron chi connectivity index (χ4n) is 3.63. The molecule has 0 aromatic heterocycles. The molecule has 3 aromatic rings. The lowest BCUT2D eigenvalue weighted by molar-refractivity contribution is -0.127. The summed E-state index contributed by atoms with van der Waals surface area (Å²) < 4.78 is 16.1. The number of hydrogen-bond acceptors (Lipinski definition) is 8. The Morgan fingerprint density at radius 3 is 2.27 bits per heavy atom. The number of halogens is 1. The van der Waals surface area contributed by atoms with Gasteiger partial charge in [-0.2, -0.15) is 0 Å². The van der Waals surface area contributed by atoms with Crippen molar-refractivity contribution in [1.29, 1.82) is 0 Å². The molecular formula is C28H24ClN3O7S. The average molecular weight is 582 g/mol. The SMILES string of the molecule is COc1ccc(NC(=O)CN2C(=O)S/C(=C\c3ccc(OCC(=O)Nc4ccccc4)c(OC)c3)C2=O)cc1Cl. The molecule has 2 N–H and O–H groups in total. The maximum absolute atomic E-state index is 12.9. The smallest absolute Gasteiger partial charge is 0.294 e. The van der Waals surface area contributed by atoms with Crippen LogP contribution in [-0.4, -0.2) is 55.2 Å². The molecular weight excluding hydrogens is 558 g/mol. The second kappa shape index (κ2) is 13.0. The first-order valence-corrected chi connectivity index (χ1v) is 13.0. The van der Waals surface area contributed by atoms with Gasteiger partial charge in [0.1, 0.15) is 12.3 Å². The van der Waals surface area contributed by atoms with Gasteiger partial charge in [0.25, 0.3) is 17.1 Å². The number of nitrogens with zero attached hydrogens (tertiary/aromatic N) is 1. The van der Waals surface area contributed by atoms with E-state index in [1.165, 1.54) is 26.4 Å². The van der Waals surface area contributed by atoms with Gasteiger partial charge in [0, 0.05) is 11.4 Å². The van der Waals surface area contributed by atoms with Crippen molar-refractivity contribution in [3.05, 3.63) is 82.2 Å². The fourth-order valence-corrected chi connectivity index (χ4v) is 4.73. The quantitative estimate of drug-likeness (QED) is 0.319. The van der Waals surface area contributed by atoms with Crippen LogP contribution in [0.5, 0.6) is 17.2 Å². The number of nitrogens with one attached hydrogen (secondary N) is 2. The van der Waals surface area contributed by atoms with Gasteiger partial charge in [0.15, 0.2) is 18.1 Å². The monoisotopic (exact) mass is 581 g/mol. The second-order valence-electron chi connectivity index (χ2n) is 8.28. The Morgan fingerprint density at radius 2 is 1.57 bits per heavy atom. The van der Waals surface area contributed by atoms with Crippen LogP contribution in [0.25, 0.3) is 6.08 Å². The summed E-state index contributed by atoms with van der Waals surface area (Å²) in [6.45, 7) is -0.707. The van der Waals surface area contributed by atoms with Gasteiger partial charge in [-0.3, -0.25) is 24.1 Å². The third-order valence-electron chi connectivity index (χ3n) is 5.51. The zero-order valence-corrected chi connectivity index (χ0v) is 23.0. The summed E-state index contributed by atoms with van der Waals surface area (Å²) in [5.41, 5.74) is 1.60. The Labute approximate surface area is 239 Å². The first kappa shape index (κ1) is 28.5. The Morgan fingerprint density at radius 1 is 0.875 bits per heavy atom. The van der Waals surface area contributed by atoms with Gasteiger partial charge in [-0.05, 0) is 65.9 Å². The Kier molecular flexibility index (Phi) is 9.31. The van der Waals surface area contributed by atoms with Crippen LogP contribution in [0.3, 0.4) is 0 Å². The van der Waals surface area contributed by atoms with Crippen molar-refractivity contribution in [2.45, 2.75) is 0 Å². The summed E-state index contributed by atoms with van der Waals surface area (Å²) in [6.07, 6.45) is 1.51. The van der Waals surface area contributed by atoms with E-state index in [0.717, 1.165) is 16.7 Å². The Hall–Kier alpha value is -4.48. The Bertz CT molecular complexity index is 1480. The lowest BCUT2D eigenvalue weighted by atomic mass is 10.2. The van der Waals surface area contributed by atoms with Gasteiger partial charge in [-0.1, -0.05) is 35.9 Å². The number of thioether (sulfide) groups is 1. The van der Waals surface area contributed by atoms with Crippen LogP contribution in [0.1, 0.15) is 5.56 Å². The third-order valence-corrected chi connectivity index (χ3v) is 6.72. The lowest BCUT2D eigenvalue weighted by Crippen LogP contribution is -2.36. The molecule has 0 aliphatic carbocycles. The first-order chi connectivity index (χ1) is 19.3. The molecule has 0 atom stereocenters. The van der Waals surface area contributed by atoms with Crippen molar-refractivity contribution in [2.24, 2.45) is 0 Å². The predicted molar refractivity (Wildman–Crippen MR) is 153 cm³/mol. The topological polar surface area (TPSA) is 123 Å². The van der Waals surface area contributed by atoms with Crippen molar-refractivity contribution in [3.8, 4) is 17.2 Å². The highest BCUT2D eigenvalue weighted by Gasteiger charge is 2.36. The van der Waals surface area contributed by atoms with Crippen LogP contribution in [-0.2, 0) is 14.4 Å². The van der Waals surface area contributed by atoms with E-state index >= 15 is 0 Å². The van der Waals surface area contributed by atoms with E-state index in [-0.39, 0.29) is 17.4 Å². The van der Waals surface area contributed by atoms with Crippen molar-refractivity contribution in [2.75, 3.05) is 38.0 Å². The van der Waals surface area contributed by atoms with Gasteiger partial charge in [0.05, 0.1) is 24.1 Å². The minimum Gasteiger partial charge on any atom is -0.495 e. The Balaban J connectivity index is 1.38. The van der Waals surface area contributed by atoms with Crippen LogP contribution in [0.15, 0.2) is 71.6 Å². The van der Waals surface area contributed by atoms with E-state index in [2.05, 4.69) is 10.6 Å². The van der Waals surface area contributed by atoms with E-state index < -0.39 is 23.6 Å². The molecule has 40 heavy (non-hydrogen) atoms. The van der Waals surface area contributed by atoms with Crippen LogP contribution >= 0.6 is 23.4 Å². The average Bonchev–Trinajstić information content (AvgIpc) is 3.20. The molecule has 12 heteroatoms. The molecule has 0 radical (unpaired) electrons. The molecule has 0 unspecified atom stereocenters. The van der Waals surface area contributed by atoms with Crippen LogP contribution in [0.2, 0.25) is 5.02 Å². The normalized spacial score (nSPS) is 13.8. The minimum absolute atomic E-state index is 0.142. The first-order valence-electron chi connectivity index (χ1n) is 11.8. The zero-order valence-electron chi connectivity index (χ0n) is 21.4.